The monoisotopic (exact) mass is 316 g/mol. The van der Waals surface area contributed by atoms with E-state index in [1.165, 1.54) is 6.07 Å². The van der Waals surface area contributed by atoms with Gasteiger partial charge < -0.3 is 4.74 Å². The van der Waals surface area contributed by atoms with Crippen molar-refractivity contribution >= 4 is 15.9 Å². The second-order valence-electron chi connectivity index (χ2n) is 2.67. The molecule has 0 aliphatic rings. The lowest BCUT2D eigenvalue weighted by molar-refractivity contribution is -0.275. The molecule has 0 bridgehead atoms. The Kier molecular flexibility index (Phi) is 3.87. The van der Waals surface area contributed by atoms with Crippen LogP contribution in [0.5, 0.6) is 5.75 Å². The molecule has 0 saturated carbocycles. The van der Waals surface area contributed by atoms with E-state index in [-0.39, 0.29) is 0 Å². The normalized spacial score (nSPS) is 11.4. The number of nitrogens with zero attached hydrogens (tertiary/aromatic N) is 2. The van der Waals surface area contributed by atoms with E-state index in [1.54, 1.807) is 0 Å². The fourth-order valence-electron chi connectivity index (χ4n) is 0.925. The first-order valence-corrected chi connectivity index (χ1v) is 4.68. The number of aromatic nitrogens is 1. The van der Waals surface area contributed by atoms with Crippen LogP contribution >= 0.6 is 15.9 Å². The van der Waals surface area contributed by atoms with E-state index in [2.05, 4.69) is 25.7 Å². The Labute approximate surface area is 99.9 Å². The lowest BCUT2D eigenvalue weighted by Gasteiger charge is -2.13. The van der Waals surface area contributed by atoms with E-state index in [1.807, 2.05) is 0 Å². The number of ether oxygens (including phenoxy) is 1. The summed E-state index contributed by atoms with van der Waals surface area (Å²) in [7, 11) is 0. The highest BCUT2D eigenvalue weighted by molar-refractivity contribution is 9.10. The number of alkyl halides is 5. The number of hydrogen-bond acceptors (Lipinski definition) is 3. The first kappa shape index (κ1) is 13.6. The summed E-state index contributed by atoms with van der Waals surface area (Å²) < 4.78 is 63.6. The molecule has 1 aromatic rings. The summed E-state index contributed by atoms with van der Waals surface area (Å²) in [6.07, 6.45) is -7.53. The highest BCUT2D eigenvalue weighted by Crippen LogP contribution is 2.38. The summed E-state index contributed by atoms with van der Waals surface area (Å²) in [5.41, 5.74) is -1.53. The highest BCUT2D eigenvalue weighted by Gasteiger charge is 2.34. The molecular weight excluding hydrogens is 315 g/mol. The minimum absolute atomic E-state index is 0.608. The lowest BCUT2D eigenvalue weighted by Crippen LogP contribution is -2.19. The molecule has 0 radical (unpaired) electrons. The van der Waals surface area contributed by atoms with Gasteiger partial charge in [0, 0.05) is 6.20 Å². The van der Waals surface area contributed by atoms with Gasteiger partial charge in [0.1, 0.15) is 6.07 Å². The first-order valence-electron chi connectivity index (χ1n) is 3.88. The molecule has 0 spiro atoms. The molecule has 17 heavy (non-hydrogen) atoms. The lowest BCUT2D eigenvalue weighted by atomic mass is 10.2. The van der Waals surface area contributed by atoms with Crippen molar-refractivity contribution < 1.29 is 26.7 Å². The summed E-state index contributed by atoms with van der Waals surface area (Å²) in [5.74, 6) is -1.07. The van der Waals surface area contributed by atoms with E-state index in [4.69, 9.17) is 5.26 Å². The fourth-order valence-corrected chi connectivity index (χ4v) is 1.47. The fraction of sp³-hybridized carbons (Fsp3) is 0.250. The van der Waals surface area contributed by atoms with Crippen molar-refractivity contribution in [3.8, 4) is 11.8 Å². The second kappa shape index (κ2) is 4.83. The molecule has 0 aliphatic heterocycles. The van der Waals surface area contributed by atoms with Crippen molar-refractivity contribution in [3.63, 3.8) is 0 Å². The number of rotatable bonds is 2. The first-order chi connectivity index (χ1) is 7.76. The third-order valence-electron chi connectivity index (χ3n) is 1.56. The van der Waals surface area contributed by atoms with Crippen LogP contribution in [0.15, 0.2) is 10.7 Å². The maximum absolute atomic E-state index is 12.4. The van der Waals surface area contributed by atoms with E-state index >= 15 is 0 Å². The van der Waals surface area contributed by atoms with Gasteiger partial charge in [0.05, 0.1) is 10.0 Å². The smallest absolute Gasteiger partial charge is 0.401 e. The van der Waals surface area contributed by atoms with Gasteiger partial charge in [0.2, 0.25) is 0 Å². The Bertz CT molecular complexity index is 468. The molecule has 0 amide bonds. The van der Waals surface area contributed by atoms with Crippen molar-refractivity contribution in [1.29, 1.82) is 5.26 Å². The zero-order valence-electron chi connectivity index (χ0n) is 7.73. The van der Waals surface area contributed by atoms with E-state index in [9.17, 15) is 22.0 Å². The molecule has 3 nitrogen and oxygen atoms in total. The summed E-state index contributed by atoms with van der Waals surface area (Å²) in [4.78, 5) is 3.17. The van der Waals surface area contributed by atoms with Gasteiger partial charge >= 0.3 is 6.36 Å². The Balaban J connectivity index is 3.34. The molecule has 0 aliphatic carbocycles. The topological polar surface area (TPSA) is 45.9 Å². The van der Waals surface area contributed by atoms with Crippen molar-refractivity contribution in [3.05, 3.63) is 21.9 Å². The van der Waals surface area contributed by atoms with Gasteiger partial charge in [0.25, 0.3) is 6.43 Å². The van der Waals surface area contributed by atoms with Crippen LogP contribution in [0.4, 0.5) is 22.0 Å². The van der Waals surface area contributed by atoms with E-state index in [0.29, 0.717) is 6.20 Å². The van der Waals surface area contributed by atoms with Crippen LogP contribution in [0.1, 0.15) is 17.7 Å². The number of halogens is 6. The van der Waals surface area contributed by atoms with Crippen LogP contribution in [-0.4, -0.2) is 11.3 Å². The summed E-state index contributed by atoms with van der Waals surface area (Å²) in [5, 5.41) is 8.50. The molecule has 1 rings (SSSR count). The average Bonchev–Trinajstić information content (AvgIpc) is 2.18. The molecule has 9 heteroatoms. The maximum Gasteiger partial charge on any atom is 0.573 e. The molecule has 0 atom stereocenters. The van der Waals surface area contributed by atoms with Crippen LogP contribution in [0.2, 0.25) is 0 Å². The molecule has 1 aromatic heterocycles. The van der Waals surface area contributed by atoms with Gasteiger partial charge in [-0.25, -0.2) is 13.8 Å². The molecule has 0 unspecified atom stereocenters. The van der Waals surface area contributed by atoms with Crippen LogP contribution in [0, 0.1) is 11.3 Å². The highest BCUT2D eigenvalue weighted by atomic mass is 79.9. The standard InChI is InChI=1S/C8H2BrF5N2O/c9-5-3(7(10)11)2-16-4(1-15)6(5)17-8(12,13)14/h2,7H. The SMILES string of the molecule is N#Cc1ncc(C(F)F)c(Br)c1OC(F)(F)F. The zero-order valence-corrected chi connectivity index (χ0v) is 9.31. The Hall–Kier alpha value is -1.43. The largest absolute Gasteiger partial charge is 0.573 e. The van der Waals surface area contributed by atoms with Gasteiger partial charge in [-0.15, -0.1) is 13.2 Å². The van der Waals surface area contributed by atoms with Crippen molar-refractivity contribution in [1.82, 2.24) is 4.98 Å². The van der Waals surface area contributed by atoms with Gasteiger partial charge in [-0.2, -0.15) is 5.26 Å². The van der Waals surface area contributed by atoms with Crippen molar-refractivity contribution in [2.24, 2.45) is 0 Å². The third-order valence-corrected chi connectivity index (χ3v) is 2.38. The average molecular weight is 317 g/mol. The number of pyridine rings is 1. The van der Waals surface area contributed by atoms with Crippen LogP contribution < -0.4 is 4.74 Å². The minimum atomic E-state index is -5.10. The van der Waals surface area contributed by atoms with Crippen molar-refractivity contribution in [2.45, 2.75) is 12.8 Å². The molecule has 0 saturated heterocycles. The Morgan fingerprint density at radius 2 is 2.00 bits per heavy atom. The zero-order chi connectivity index (χ0) is 13.2. The van der Waals surface area contributed by atoms with Gasteiger partial charge in [-0.3, -0.25) is 0 Å². The van der Waals surface area contributed by atoms with Crippen LogP contribution in [-0.2, 0) is 0 Å². The molecule has 0 aromatic carbocycles. The Morgan fingerprint density at radius 1 is 1.41 bits per heavy atom. The van der Waals surface area contributed by atoms with Crippen molar-refractivity contribution in [2.75, 3.05) is 0 Å². The molecule has 0 N–H and O–H groups in total. The minimum Gasteiger partial charge on any atom is -0.401 e. The predicted octanol–water partition coefficient (Wildman–Crippen LogP) is 3.55. The third kappa shape index (κ3) is 3.26. The number of nitriles is 1. The van der Waals surface area contributed by atoms with Gasteiger partial charge in [-0.1, -0.05) is 0 Å². The van der Waals surface area contributed by atoms with Crippen LogP contribution in [0.25, 0.3) is 0 Å². The molecule has 0 fully saturated rings. The Morgan fingerprint density at radius 3 is 2.41 bits per heavy atom. The summed E-state index contributed by atoms with van der Waals surface area (Å²) >= 11 is 2.53. The second-order valence-corrected chi connectivity index (χ2v) is 3.46. The molecular formula is C8H2BrF5N2O. The van der Waals surface area contributed by atoms with Gasteiger partial charge in [0.15, 0.2) is 11.4 Å². The molecule has 92 valence electrons. The summed E-state index contributed by atoms with van der Waals surface area (Å²) in [6.45, 7) is 0. The van der Waals surface area contributed by atoms with E-state index < -0.39 is 34.3 Å². The maximum atomic E-state index is 12.4. The van der Waals surface area contributed by atoms with E-state index in [0.717, 1.165) is 0 Å². The van der Waals surface area contributed by atoms with Crippen LogP contribution in [0.3, 0.4) is 0 Å². The van der Waals surface area contributed by atoms with Gasteiger partial charge in [-0.05, 0) is 15.9 Å². The summed E-state index contributed by atoms with van der Waals surface area (Å²) in [6, 6.07) is 1.31. The number of hydrogen-bond donors (Lipinski definition) is 0. The quantitative estimate of drug-likeness (QED) is 0.784. The molecule has 1 heterocycles. The predicted molar refractivity (Wildman–Crippen MR) is 48.3 cm³/mol.